The molecule has 0 fully saturated rings. The molecule has 0 aliphatic rings. The average molecular weight is 478 g/mol. The van der Waals surface area contributed by atoms with E-state index >= 15 is 0 Å². The fraction of sp³-hybridized carbons (Fsp3) is 0.286. The number of hydrogen-bond donors (Lipinski definition) is 3. The van der Waals surface area contributed by atoms with E-state index < -0.39 is 0 Å². The van der Waals surface area contributed by atoms with Gasteiger partial charge in [0.2, 0.25) is 0 Å². The standard InChI is InChI=1S/C21H26N4O.HI/c1-22-21(25-13-16-7-9-17(10-8-16)15-26-2)23-12-11-18-14-24-20-6-4-3-5-19(18)20;/h3-10,14,24H,11-13,15H2,1-2H3,(H2,22,23,25);1H. The zero-order valence-corrected chi connectivity index (χ0v) is 18.1. The first-order chi connectivity index (χ1) is 12.8. The maximum absolute atomic E-state index is 5.14. The Balaban J connectivity index is 0.00000261. The summed E-state index contributed by atoms with van der Waals surface area (Å²) in [5.41, 5.74) is 4.89. The van der Waals surface area contributed by atoms with Gasteiger partial charge in [-0.15, -0.1) is 24.0 Å². The number of guanidine groups is 1. The number of nitrogens with zero attached hydrogens (tertiary/aromatic N) is 1. The van der Waals surface area contributed by atoms with E-state index in [-0.39, 0.29) is 24.0 Å². The van der Waals surface area contributed by atoms with Gasteiger partial charge in [0.05, 0.1) is 6.61 Å². The van der Waals surface area contributed by atoms with Gasteiger partial charge in [-0.3, -0.25) is 4.99 Å². The van der Waals surface area contributed by atoms with Gasteiger partial charge in [-0.05, 0) is 29.2 Å². The molecule has 1 aromatic heterocycles. The molecule has 5 nitrogen and oxygen atoms in total. The van der Waals surface area contributed by atoms with Gasteiger partial charge in [-0.1, -0.05) is 42.5 Å². The van der Waals surface area contributed by atoms with Gasteiger partial charge < -0.3 is 20.4 Å². The number of fused-ring (bicyclic) bond motifs is 1. The van der Waals surface area contributed by atoms with Crippen LogP contribution < -0.4 is 10.6 Å². The van der Waals surface area contributed by atoms with Gasteiger partial charge in [-0.25, -0.2) is 0 Å². The van der Waals surface area contributed by atoms with Gasteiger partial charge in [-0.2, -0.15) is 0 Å². The van der Waals surface area contributed by atoms with Crippen LogP contribution in [0, 0.1) is 0 Å². The molecule has 0 saturated heterocycles. The van der Waals surface area contributed by atoms with E-state index in [1.54, 1.807) is 14.2 Å². The van der Waals surface area contributed by atoms with Gasteiger partial charge in [0.15, 0.2) is 5.96 Å². The normalized spacial score (nSPS) is 11.3. The molecular weight excluding hydrogens is 451 g/mol. The monoisotopic (exact) mass is 478 g/mol. The van der Waals surface area contributed by atoms with Crippen LogP contribution in [0.5, 0.6) is 0 Å². The fourth-order valence-corrected chi connectivity index (χ4v) is 2.98. The van der Waals surface area contributed by atoms with Crippen LogP contribution in [0.3, 0.4) is 0 Å². The van der Waals surface area contributed by atoms with E-state index in [0.717, 1.165) is 25.5 Å². The summed E-state index contributed by atoms with van der Waals surface area (Å²) in [5, 5.41) is 8.02. The maximum atomic E-state index is 5.14. The molecule has 0 atom stereocenters. The largest absolute Gasteiger partial charge is 0.380 e. The number of rotatable bonds is 7. The van der Waals surface area contributed by atoms with Gasteiger partial charge in [0.25, 0.3) is 0 Å². The van der Waals surface area contributed by atoms with E-state index in [1.165, 1.54) is 27.6 Å². The summed E-state index contributed by atoms with van der Waals surface area (Å²) in [6, 6.07) is 16.8. The van der Waals surface area contributed by atoms with E-state index in [2.05, 4.69) is 75.3 Å². The number of aromatic amines is 1. The topological polar surface area (TPSA) is 61.4 Å². The molecule has 0 amide bonds. The van der Waals surface area contributed by atoms with Gasteiger partial charge >= 0.3 is 0 Å². The summed E-state index contributed by atoms with van der Waals surface area (Å²) >= 11 is 0. The van der Waals surface area contributed by atoms with Crippen LogP contribution in [0.2, 0.25) is 0 Å². The second-order valence-corrected chi connectivity index (χ2v) is 6.21. The van der Waals surface area contributed by atoms with Crippen LogP contribution in [0.25, 0.3) is 10.9 Å². The molecule has 0 radical (unpaired) electrons. The first-order valence-corrected chi connectivity index (χ1v) is 8.86. The van der Waals surface area contributed by atoms with Crippen molar-refractivity contribution in [3.63, 3.8) is 0 Å². The molecule has 0 saturated carbocycles. The zero-order valence-electron chi connectivity index (χ0n) is 15.8. The Morgan fingerprint density at radius 2 is 1.78 bits per heavy atom. The van der Waals surface area contributed by atoms with Crippen molar-refractivity contribution in [1.82, 2.24) is 15.6 Å². The number of nitrogens with one attached hydrogen (secondary N) is 3. The third-order valence-corrected chi connectivity index (χ3v) is 4.38. The van der Waals surface area contributed by atoms with Crippen LogP contribution >= 0.6 is 24.0 Å². The smallest absolute Gasteiger partial charge is 0.191 e. The summed E-state index contributed by atoms with van der Waals surface area (Å²) in [4.78, 5) is 7.62. The Morgan fingerprint density at radius 1 is 1.04 bits per heavy atom. The highest BCUT2D eigenvalue weighted by Gasteiger charge is 2.04. The second-order valence-electron chi connectivity index (χ2n) is 6.21. The number of hydrogen-bond acceptors (Lipinski definition) is 2. The number of benzene rings is 2. The first kappa shape index (κ1) is 21.2. The summed E-state index contributed by atoms with van der Waals surface area (Å²) in [5.74, 6) is 0.811. The molecule has 1 heterocycles. The van der Waals surface area contributed by atoms with Crippen LogP contribution in [-0.4, -0.2) is 31.6 Å². The van der Waals surface area contributed by atoms with Crippen molar-refractivity contribution in [1.29, 1.82) is 0 Å². The van der Waals surface area contributed by atoms with Crippen molar-refractivity contribution in [3.05, 3.63) is 71.4 Å². The molecule has 27 heavy (non-hydrogen) atoms. The number of aliphatic imine (C=N–C) groups is 1. The lowest BCUT2D eigenvalue weighted by atomic mass is 10.1. The Bertz CT molecular complexity index is 858. The molecule has 3 N–H and O–H groups in total. The van der Waals surface area contributed by atoms with Crippen LogP contribution in [0.15, 0.2) is 59.7 Å². The summed E-state index contributed by atoms with van der Waals surface area (Å²) in [6.07, 6.45) is 3.03. The number of methoxy groups -OCH3 is 1. The van der Waals surface area contributed by atoms with Crippen molar-refractivity contribution in [2.45, 2.75) is 19.6 Å². The van der Waals surface area contributed by atoms with Crippen LogP contribution in [-0.2, 0) is 24.3 Å². The molecule has 0 bridgehead atoms. The average Bonchev–Trinajstić information content (AvgIpc) is 3.09. The lowest BCUT2D eigenvalue weighted by Gasteiger charge is -2.12. The van der Waals surface area contributed by atoms with E-state index in [4.69, 9.17) is 4.74 Å². The van der Waals surface area contributed by atoms with E-state index in [0.29, 0.717) is 6.61 Å². The minimum absolute atomic E-state index is 0. The maximum Gasteiger partial charge on any atom is 0.191 e. The third kappa shape index (κ3) is 5.97. The van der Waals surface area contributed by atoms with E-state index in [1.807, 2.05) is 0 Å². The van der Waals surface area contributed by atoms with Crippen molar-refractivity contribution in [3.8, 4) is 0 Å². The molecule has 0 aliphatic heterocycles. The molecule has 0 aliphatic carbocycles. The van der Waals surface area contributed by atoms with Crippen molar-refractivity contribution < 1.29 is 4.74 Å². The number of aromatic nitrogens is 1. The SMILES string of the molecule is CN=C(NCCc1c[nH]c2ccccc12)NCc1ccc(COC)cc1.I. The number of para-hydroxylation sites is 1. The van der Waals surface area contributed by atoms with Crippen LogP contribution in [0.4, 0.5) is 0 Å². The zero-order chi connectivity index (χ0) is 18.2. The highest BCUT2D eigenvalue weighted by atomic mass is 127. The number of halogens is 1. The molecule has 3 rings (SSSR count). The molecule has 3 aromatic rings. The molecule has 2 aromatic carbocycles. The Kier molecular flexibility index (Phi) is 8.60. The molecule has 0 spiro atoms. The lowest BCUT2D eigenvalue weighted by molar-refractivity contribution is 0.185. The van der Waals surface area contributed by atoms with Gasteiger partial charge in [0.1, 0.15) is 0 Å². The summed E-state index contributed by atoms with van der Waals surface area (Å²) in [7, 11) is 3.50. The van der Waals surface area contributed by atoms with Crippen molar-refractivity contribution in [2.75, 3.05) is 20.7 Å². The molecule has 144 valence electrons. The Morgan fingerprint density at radius 3 is 2.52 bits per heavy atom. The van der Waals surface area contributed by atoms with Crippen molar-refractivity contribution >= 4 is 40.8 Å². The summed E-state index contributed by atoms with van der Waals surface area (Å²) in [6.45, 7) is 2.21. The summed E-state index contributed by atoms with van der Waals surface area (Å²) < 4.78 is 5.14. The third-order valence-electron chi connectivity index (χ3n) is 4.38. The number of ether oxygens (including phenoxy) is 1. The molecule has 0 unspecified atom stereocenters. The minimum atomic E-state index is 0. The number of H-pyrrole nitrogens is 1. The molecule has 6 heteroatoms. The highest BCUT2D eigenvalue weighted by Crippen LogP contribution is 2.17. The second kappa shape index (κ2) is 10.9. The quantitative estimate of drug-likeness (QED) is 0.275. The highest BCUT2D eigenvalue weighted by molar-refractivity contribution is 14.0. The van der Waals surface area contributed by atoms with E-state index in [9.17, 15) is 0 Å². The van der Waals surface area contributed by atoms with Crippen molar-refractivity contribution in [2.24, 2.45) is 4.99 Å². The minimum Gasteiger partial charge on any atom is -0.380 e. The fourth-order valence-electron chi connectivity index (χ4n) is 2.98. The molecular formula is C21H27IN4O. The Labute approximate surface area is 177 Å². The predicted molar refractivity (Wildman–Crippen MR) is 123 cm³/mol. The predicted octanol–water partition coefficient (Wildman–Crippen LogP) is 3.84. The van der Waals surface area contributed by atoms with Crippen LogP contribution in [0.1, 0.15) is 16.7 Å². The first-order valence-electron chi connectivity index (χ1n) is 8.86. The van der Waals surface area contributed by atoms with Gasteiger partial charge in [0, 0.05) is 44.3 Å². The lowest BCUT2D eigenvalue weighted by Crippen LogP contribution is -2.37. The Hall–Kier alpha value is -2.06.